The molecule has 0 saturated carbocycles. The van der Waals surface area contributed by atoms with Crippen molar-refractivity contribution >= 4 is 36.2 Å². The van der Waals surface area contributed by atoms with Crippen LogP contribution in [0.1, 0.15) is 31.8 Å². The third-order valence-corrected chi connectivity index (χ3v) is 7.84. The van der Waals surface area contributed by atoms with Crippen molar-refractivity contribution in [2.24, 2.45) is 10.2 Å². The Morgan fingerprint density at radius 1 is 0.538 bits per heavy atom. The minimum Gasteiger partial charge on any atom is -0.497 e. The Balaban J connectivity index is 0.951. The lowest BCUT2D eigenvalue weighted by Crippen LogP contribution is -2.51. The second-order valence-electron chi connectivity index (χ2n) is 11.5. The molecule has 1 saturated heterocycles. The lowest BCUT2D eigenvalue weighted by molar-refractivity contribution is -0.124. The van der Waals surface area contributed by atoms with E-state index in [1.165, 1.54) is 12.4 Å². The third-order valence-electron chi connectivity index (χ3n) is 7.84. The number of ether oxygens (including phenoxy) is 4. The number of carbonyl (C=O) groups excluding carboxylic acids is 4. The predicted molar refractivity (Wildman–Crippen MR) is 193 cm³/mol. The fourth-order valence-corrected chi connectivity index (χ4v) is 4.97. The first-order valence-corrected chi connectivity index (χ1v) is 16.3. The summed E-state index contributed by atoms with van der Waals surface area (Å²) in [7, 11) is 3.10. The summed E-state index contributed by atoms with van der Waals surface area (Å²) in [6, 6.07) is 26.7. The summed E-state index contributed by atoms with van der Waals surface area (Å²) in [5.74, 6) is 0.550. The monoisotopic (exact) mass is 706 g/mol. The van der Waals surface area contributed by atoms with Gasteiger partial charge in [0.25, 0.3) is 11.8 Å². The molecule has 2 amide bonds. The normalized spacial score (nSPS) is 13.4. The number of benzene rings is 4. The molecule has 0 bridgehead atoms. The number of nitrogens with zero attached hydrogens (tertiary/aromatic N) is 4. The molecule has 1 fully saturated rings. The summed E-state index contributed by atoms with van der Waals surface area (Å²) in [5, 5.41) is 8.05. The van der Waals surface area contributed by atoms with Crippen LogP contribution in [0.4, 0.5) is 0 Å². The van der Waals surface area contributed by atoms with Gasteiger partial charge in [-0.05, 0) is 108 Å². The van der Waals surface area contributed by atoms with Crippen LogP contribution in [0.25, 0.3) is 0 Å². The van der Waals surface area contributed by atoms with Crippen LogP contribution in [0.5, 0.6) is 23.0 Å². The van der Waals surface area contributed by atoms with E-state index in [1.54, 1.807) is 111 Å². The van der Waals surface area contributed by atoms with Gasteiger partial charge in [-0.25, -0.2) is 20.4 Å². The molecule has 2 N–H and O–H groups in total. The van der Waals surface area contributed by atoms with Crippen LogP contribution in [0.2, 0.25) is 0 Å². The smallest absolute Gasteiger partial charge is 0.343 e. The van der Waals surface area contributed by atoms with Gasteiger partial charge in [0, 0.05) is 26.2 Å². The molecule has 14 nitrogen and oxygen atoms in total. The Kier molecular flexibility index (Phi) is 13.2. The molecule has 4 aromatic carbocycles. The molecule has 0 unspecified atom stereocenters. The Bertz CT molecular complexity index is 1730. The number of hydrogen-bond donors (Lipinski definition) is 2. The molecule has 1 heterocycles. The Morgan fingerprint density at radius 3 is 1.19 bits per heavy atom. The number of methoxy groups -OCH3 is 2. The maximum atomic E-state index is 12.4. The Hall–Kier alpha value is -6.38. The number of rotatable bonds is 14. The van der Waals surface area contributed by atoms with Crippen LogP contribution in [0.3, 0.4) is 0 Å². The SMILES string of the molecule is COc1ccc(C(=O)Oc2ccc(C=NNC(=O)CN3CCN(CC(=O)NN=Cc4ccc(OC(=O)c5ccc(OC)cc5)cc4)CC3)cc2)cc1. The van der Waals surface area contributed by atoms with Crippen molar-refractivity contribution < 1.29 is 38.1 Å². The maximum Gasteiger partial charge on any atom is 0.343 e. The summed E-state index contributed by atoms with van der Waals surface area (Å²) < 4.78 is 21.0. The van der Waals surface area contributed by atoms with Crippen LogP contribution < -0.4 is 29.8 Å². The van der Waals surface area contributed by atoms with Crippen molar-refractivity contribution in [2.45, 2.75) is 0 Å². The van der Waals surface area contributed by atoms with Gasteiger partial charge in [0.2, 0.25) is 0 Å². The molecule has 1 aliphatic rings. The van der Waals surface area contributed by atoms with Crippen LogP contribution in [-0.2, 0) is 9.59 Å². The quantitative estimate of drug-likeness (QED) is 0.0862. The largest absolute Gasteiger partial charge is 0.497 e. The number of esters is 2. The predicted octanol–water partition coefficient (Wildman–Crippen LogP) is 3.36. The zero-order valence-electron chi connectivity index (χ0n) is 28.7. The lowest BCUT2D eigenvalue weighted by Gasteiger charge is -2.33. The van der Waals surface area contributed by atoms with E-state index in [0.717, 1.165) is 0 Å². The zero-order valence-corrected chi connectivity index (χ0v) is 28.7. The third kappa shape index (κ3) is 11.3. The van der Waals surface area contributed by atoms with Crippen LogP contribution in [0, 0.1) is 0 Å². The van der Waals surface area contributed by atoms with Gasteiger partial charge in [0.05, 0.1) is 50.9 Å². The van der Waals surface area contributed by atoms with E-state index < -0.39 is 11.9 Å². The molecule has 0 radical (unpaired) electrons. The molecule has 1 aliphatic heterocycles. The first-order chi connectivity index (χ1) is 25.3. The first kappa shape index (κ1) is 36.9. The van der Waals surface area contributed by atoms with Crippen molar-refractivity contribution in [1.29, 1.82) is 0 Å². The molecule has 4 aromatic rings. The van der Waals surface area contributed by atoms with Crippen molar-refractivity contribution in [3.05, 3.63) is 119 Å². The highest BCUT2D eigenvalue weighted by atomic mass is 16.5. The van der Waals surface area contributed by atoms with Crippen molar-refractivity contribution in [2.75, 3.05) is 53.5 Å². The second kappa shape index (κ2) is 18.6. The first-order valence-electron chi connectivity index (χ1n) is 16.3. The molecule has 0 atom stereocenters. The fraction of sp³-hybridized carbons (Fsp3) is 0.211. The van der Waals surface area contributed by atoms with Gasteiger partial charge in [-0.3, -0.25) is 19.4 Å². The van der Waals surface area contributed by atoms with E-state index in [2.05, 4.69) is 21.1 Å². The Morgan fingerprint density at radius 2 is 0.865 bits per heavy atom. The molecule has 14 heteroatoms. The van der Waals surface area contributed by atoms with Crippen molar-refractivity contribution in [3.63, 3.8) is 0 Å². The molecular formula is C38H38N6O8. The van der Waals surface area contributed by atoms with E-state index in [-0.39, 0.29) is 24.9 Å². The molecule has 0 aromatic heterocycles. The average molecular weight is 707 g/mol. The topological polar surface area (TPSA) is 160 Å². The molecule has 5 rings (SSSR count). The van der Waals surface area contributed by atoms with Gasteiger partial charge in [0.15, 0.2) is 0 Å². The zero-order chi connectivity index (χ0) is 36.7. The maximum absolute atomic E-state index is 12.4. The molecule has 0 aliphatic carbocycles. The highest BCUT2D eigenvalue weighted by molar-refractivity contribution is 5.92. The van der Waals surface area contributed by atoms with E-state index in [9.17, 15) is 19.2 Å². The summed E-state index contributed by atoms with van der Waals surface area (Å²) in [6.45, 7) is 2.78. The van der Waals surface area contributed by atoms with Gasteiger partial charge in [0.1, 0.15) is 23.0 Å². The van der Waals surface area contributed by atoms with Crippen LogP contribution >= 0.6 is 0 Å². The van der Waals surface area contributed by atoms with E-state index in [0.29, 0.717) is 71.4 Å². The van der Waals surface area contributed by atoms with Crippen LogP contribution in [-0.4, -0.2) is 99.5 Å². The van der Waals surface area contributed by atoms with E-state index >= 15 is 0 Å². The number of piperazine rings is 1. The van der Waals surface area contributed by atoms with Crippen molar-refractivity contribution in [1.82, 2.24) is 20.7 Å². The number of nitrogens with one attached hydrogen (secondary N) is 2. The second-order valence-corrected chi connectivity index (χ2v) is 11.5. The molecular weight excluding hydrogens is 668 g/mol. The summed E-state index contributed by atoms with van der Waals surface area (Å²) in [4.78, 5) is 53.5. The van der Waals surface area contributed by atoms with Gasteiger partial charge in [-0.2, -0.15) is 10.2 Å². The van der Waals surface area contributed by atoms with Gasteiger partial charge < -0.3 is 18.9 Å². The average Bonchev–Trinajstić information content (AvgIpc) is 3.17. The fourth-order valence-electron chi connectivity index (χ4n) is 4.97. The van der Waals surface area contributed by atoms with Gasteiger partial charge >= 0.3 is 11.9 Å². The Labute approximate surface area is 300 Å². The molecule has 268 valence electrons. The minimum absolute atomic E-state index is 0.168. The number of carbonyl (C=O) groups is 4. The summed E-state index contributed by atoms with van der Waals surface area (Å²) >= 11 is 0. The highest BCUT2D eigenvalue weighted by Gasteiger charge is 2.20. The summed E-state index contributed by atoms with van der Waals surface area (Å²) in [6.07, 6.45) is 3.01. The molecule has 52 heavy (non-hydrogen) atoms. The van der Waals surface area contributed by atoms with Gasteiger partial charge in [-0.1, -0.05) is 0 Å². The molecule has 0 spiro atoms. The lowest BCUT2D eigenvalue weighted by atomic mass is 10.2. The van der Waals surface area contributed by atoms with E-state index in [4.69, 9.17) is 18.9 Å². The number of amides is 2. The standard InChI is InChI=1S/C38H38N6O8/c1-49-31-15-7-29(8-16-31)37(47)51-33-11-3-27(4-12-33)23-39-41-35(45)25-43-19-21-44(22-20-43)26-36(46)42-40-24-28-5-13-34(14-6-28)52-38(48)30-9-17-32(50-2)18-10-30/h3-18,23-24H,19-22,25-26H2,1-2H3,(H,41,45)(H,42,46). The minimum atomic E-state index is -0.487. The highest BCUT2D eigenvalue weighted by Crippen LogP contribution is 2.18. The summed E-state index contributed by atoms with van der Waals surface area (Å²) in [5.41, 5.74) is 7.28. The number of hydrazone groups is 2. The van der Waals surface area contributed by atoms with Gasteiger partial charge in [-0.15, -0.1) is 0 Å². The van der Waals surface area contributed by atoms with E-state index in [1.807, 2.05) is 9.80 Å². The van der Waals surface area contributed by atoms with Crippen LogP contribution in [0.15, 0.2) is 107 Å². The number of hydrogen-bond acceptors (Lipinski definition) is 12. The van der Waals surface area contributed by atoms with Crippen molar-refractivity contribution in [3.8, 4) is 23.0 Å².